The van der Waals surface area contributed by atoms with E-state index in [9.17, 15) is 14.4 Å². The van der Waals surface area contributed by atoms with Crippen molar-refractivity contribution in [3.05, 3.63) is 146 Å². The molecule has 0 fully saturated rings. The van der Waals surface area contributed by atoms with Crippen LogP contribution in [0.3, 0.4) is 0 Å². The first-order valence-corrected chi connectivity index (χ1v) is 33.3. The van der Waals surface area contributed by atoms with Crippen LogP contribution in [0.25, 0.3) is 0 Å². The van der Waals surface area contributed by atoms with E-state index in [1.807, 2.05) is 12.2 Å². The molecular formula is C75H122O6. The zero-order chi connectivity index (χ0) is 58.5. The number of ether oxygens (including phenoxy) is 3. The Morgan fingerprint density at radius 3 is 0.864 bits per heavy atom. The van der Waals surface area contributed by atoms with Gasteiger partial charge in [-0.3, -0.25) is 14.4 Å². The molecule has 0 saturated carbocycles. The monoisotopic (exact) mass is 1120 g/mol. The minimum atomic E-state index is -0.878. The summed E-state index contributed by atoms with van der Waals surface area (Å²) in [5, 5.41) is 0. The maximum atomic E-state index is 12.8. The van der Waals surface area contributed by atoms with Crippen molar-refractivity contribution in [1.29, 1.82) is 0 Å². The van der Waals surface area contributed by atoms with Crippen molar-refractivity contribution >= 4 is 17.9 Å². The Hall–Kier alpha value is -4.71. The number of hydrogen-bond donors (Lipinski definition) is 0. The second kappa shape index (κ2) is 67.8. The van der Waals surface area contributed by atoms with E-state index in [1.165, 1.54) is 161 Å². The predicted octanol–water partition coefficient (Wildman–Crippen LogP) is 23.1. The number of allylic oxidation sites excluding steroid dienone is 22. The molecule has 0 aromatic rings. The van der Waals surface area contributed by atoms with E-state index in [4.69, 9.17) is 14.2 Å². The molecule has 0 saturated heterocycles. The molecule has 81 heavy (non-hydrogen) atoms. The van der Waals surface area contributed by atoms with Crippen LogP contribution in [0.5, 0.6) is 0 Å². The smallest absolute Gasteiger partial charge is 0.310 e. The first kappa shape index (κ1) is 76.3. The quantitative estimate of drug-likeness (QED) is 0.0261. The Balaban J connectivity index is 4.28. The molecule has 0 aliphatic rings. The lowest BCUT2D eigenvalue weighted by atomic mass is 10.0. The van der Waals surface area contributed by atoms with Crippen LogP contribution in [0.4, 0.5) is 0 Å². The van der Waals surface area contributed by atoms with E-state index in [0.29, 0.717) is 12.8 Å². The topological polar surface area (TPSA) is 78.9 Å². The molecule has 1 unspecified atom stereocenters. The van der Waals surface area contributed by atoms with Crippen LogP contribution >= 0.6 is 0 Å². The van der Waals surface area contributed by atoms with Crippen LogP contribution in [-0.4, -0.2) is 37.2 Å². The van der Waals surface area contributed by atoms with E-state index >= 15 is 0 Å². The van der Waals surface area contributed by atoms with Gasteiger partial charge in [0.25, 0.3) is 0 Å². The summed E-state index contributed by atoms with van der Waals surface area (Å²) >= 11 is 0. The van der Waals surface area contributed by atoms with Gasteiger partial charge in [0, 0.05) is 6.42 Å². The molecule has 1 atom stereocenters. The number of carbonyl (C=O) groups is 3. The lowest BCUT2D eigenvalue weighted by Gasteiger charge is -2.17. The molecule has 0 amide bonds. The Labute approximate surface area is 499 Å². The van der Waals surface area contributed by atoms with Crippen LogP contribution in [0.2, 0.25) is 0 Å². The van der Waals surface area contributed by atoms with Gasteiger partial charge in [-0.05, 0) is 103 Å². The van der Waals surface area contributed by atoms with E-state index in [1.54, 1.807) is 12.2 Å². The van der Waals surface area contributed by atoms with E-state index in [0.717, 1.165) is 83.5 Å². The van der Waals surface area contributed by atoms with Crippen LogP contribution in [0.15, 0.2) is 146 Å². The van der Waals surface area contributed by atoms with Gasteiger partial charge in [-0.25, -0.2) is 0 Å². The first-order chi connectivity index (χ1) is 40.0. The lowest BCUT2D eigenvalue weighted by Crippen LogP contribution is -2.30. The summed E-state index contributed by atoms with van der Waals surface area (Å²) in [6, 6.07) is 0. The molecule has 6 heteroatoms. The van der Waals surface area contributed by atoms with Gasteiger partial charge in [-0.15, -0.1) is 0 Å². The van der Waals surface area contributed by atoms with Crippen molar-refractivity contribution in [1.82, 2.24) is 0 Å². The zero-order valence-corrected chi connectivity index (χ0v) is 52.5. The largest absolute Gasteiger partial charge is 0.462 e. The highest BCUT2D eigenvalue weighted by Gasteiger charge is 2.19. The van der Waals surface area contributed by atoms with Crippen LogP contribution in [0.1, 0.15) is 290 Å². The Kier molecular flexibility index (Phi) is 63.9. The molecule has 0 heterocycles. The summed E-state index contributed by atoms with van der Waals surface area (Å²) in [6.45, 7) is 6.24. The highest BCUT2D eigenvalue weighted by molar-refractivity contribution is 5.72. The second-order valence-corrected chi connectivity index (χ2v) is 21.6. The molecule has 458 valence electrons. The van der Waals surface area contributed by atoms with E-state index < -0.39 is 18.0 Å². The maximum absolute atomic E-state index is 12.8. The van der Waals surface area contributed by atoms with Gasteiger partial charge in [-0.2, -0.15) is 0 Å². The fraction of sp³-hybridized carbons (Fsp3) is 0.640. The Morgan fingerprint density at radius 1 is 0.272 bits per heavy atom. The van der Waals surface area contributed by atoms with Gasteiger partial charge in [0.05, 0.1) is 12.8 Å². The highest BCUT2D eigenvalue weighted by Crippen LogP contribution is 2.16. The molecule has 0 aromatic heterocycles. The zero-order valence-electron chi connectivity index (χ0n) is 52.5. The lowest BCUT2D eigenvalue weighted by molar-refractivity contribution is -0.166. The molecule has 0 spiro atoms. The second-order valence-electron chi connectivity index (χ2n) is 21.6. The van der Waals surface area contributed by atoms with E-state index in [-0.39, 0.29) is 32.0 Å². The van der Waals surface area contributed by atoms with Crippen molar-refractivity contribution in [2.45, 2.75) is 297 Å². The molecule has 0 N–H and O–H groups in total. The fourth-order valence-electron chi connectivity index (χ4n) is 8.98. The maximum Gasteiger partial charge on any atom is 0.310 e. The third-order valence-corrected chi connectivity index (χ3v) is 13.9. The van der Waals surface area contributed by atoms with Crippen LogP contribution < -0.4 is 0 Å². The predicted molar refractivity (Wildman–Crippen MR) is 352 cm³/mol. The van der Waals surface area contributed by atoms with Crippen LogP contribution in [0, 0.1) is 0 Å². The molecular weight excluding hydrogens is 997 g/mol. The summed E-state index contributed by atoms with van der Waals surface area (Å²) in [5.41, 5.74) is 0. The third kappa shape index (κ3) is 66.0. The van der Waals surface area contributed by atoms with Gasteiger partial charge in [0.2, 0.25) is 0 Å². The molecule has 0 aliphatic heterocycles. The summed E-state index contributed by atoms with van der Waals surface area (Å²) < 4.78 is 16.7. The summed E-state index contributed by atoms with van der Waals surface area (Å²) in [4.78, 5) is 38.1. The Morgan fingerprint density at radius 2 is 0.531 bits per heavy atom. The molecule has 0 aromatic carbocycles. The summed E-state index contributed by atoms with van der Waals surface area (Å²) in [6.07, 6.45) is 98.0. The van der Waals surface area contributed by atoms with Gasteiger partial charge in [0.1, 0.15) is 13.2 Å². The fourth-order valence-corrected chi connectivity index (χ4v) is 8.98. The van der Waals surface area contributed by atoms with Crippen molar-refractivity contribution < 1.29 is 28.6 Å². The van der Waals surface area contributed by atoms with Gasteiger partial charge >= 0.3 is 17.9 Å². The van der Waals surface area contributed by atoms with Crippen molar-refractivity contribution in [2.75, 3.05) is 13.2 Å². The minimum absolute atomic E-state index is 0.0732. The number of carbonyl (C=O) groups excluding carboxylic acids is 3. The minimum Gasteiger partial charge on any atom is -0.462 e. The highest BCUT2D eigenvalue weighted by atomic mass is 16.6. The number of unbranched alkanes of at least 4 members (excludes halogenated alkanes) is 26. The standard InChI is InChI=1S/C75H122O6/c1-4-7-10-13-16-19-22-25-28-29-30-31-32-33-34-35-36-37-38-39-40-41-42-43-44-45-48-50-53-56-59-62-65-68-74(77)80-71-72(81-75(78)69-66-63-60-57-54-51-47-27-24-21-18-15-12-9-6-3)70-79-73(76)67-64-61-58-55-52-49-46-26-23-20-17-14-11-8-5-2/h8-9,11-12,17-18,20-22,25-27,29-30,46-47,52,54-55,57,61,63-64,66,72H,4-7,10,13-16,19,23-24,28,31-45,48-51,53,56,58-60,62,65,67-71H2,1-3H3/b11-8-,12-9-,20-17-,21-18-,25-22-,30-29-,46-26-,47-27-,55-52-,57-54-,64-61-,66-63-. The number of hydrogen-bond acceptors (Lipinski definition) is 6. The SMILES string of the molecule is CC/C=C\C/C=C\C/C=C\C/C=C\C/C=C\CC(=O)OCC(COC(=O)CCCCCCCCCCCCCCCCCCCCCCC/C=C\C/C=C\CCCCCCC)OC(=O)C/C=C\C/C=C\C/C=C\C/C=C\C/C=C\CC. The van der Waals surface area contributed by atoms with Gasteiger partial charge < -0.3 is 14.2 Å². The average molecular weight is 1120 g/mol. The average Bonchev–Trinajstić information content (AvgIpc) is 3.47. The molecule has 0 bridgehead atoms. The van der Waals surface area contributed by atoms with Crippen molar-refractivity contribution in [3.8, 4) is 0 Å². The van der Waals surface area contributed by atoms with Gasteiger partial charge in [-0.1, -0.05) is 314 Å². The van der Waals surface area contributed by atoms with Gasteiger partial charge in [0.15, 0.2) is 6.10 Å². The first-order valence-electron chi connectivity index (χ1n) is 33.3. The molecule has 0 aliphatic carbocycles. The van der Waals surface area contributed by atoms with Crippen molar-refractivity contribution in [2.24, 2.45) is 0 Å². The van der Waals surface area contributed by atoms with E-state index in [2.05, 4.69) is 142 Å². The van der Waals surface area contributed by atoms with Crippen LogP contribution in [-0.2, 0) is 28.6 Å². The summed E-state index contributed by atoms with van der Waals surface area (Å²) in [5.74, 6) is -1.21. The summed E-state index contributed by atoms with van der Waals surface area (Å²) in [7, 11) is 0. The normalized spacial score (nSPS) is 13.1. The number of esters is 3. The van der Waals surface area contributed by atoms with Crippen molar-refractivity contribution in [3.63, 3.8) is 0 Å². The molecule has 0 radical (unpaired) electrons. The number of rotatable bonds is 59. The molecule has 6 nitrogen and oxygen atoms in total. The Bertz CT molecular complexity index is 1760. The third-order valence-electron chi connectivity index (χ3n) is 13.9. The molecule has 0 rings (SSSR count).